The Hall–Kier alpha value is -1.99. The van der Waals surface area contributed by atoms with Crippen LogP contribution >= 0.6 is 0 Å². The highest BCUT2D eigenvalue weighted by Crippen LogP contribution is 2.35. The molecule has 0 saturated carbocycles. The van der Waals surface area contributed by atoms with Gasteiger partial charge in [-0.05, 0) is 19.1 Å². The third-order valence-corrected chi connectivity index (χ3v) is 5.31. The van der Waals surface area contributed by atoms with Gasteiger partial charge in [-0.3, -0.25) is 9.69 Å². The van der Waals surface area contributed by atoms with Crippen LogP contribution in [0, 0.1) is 0 Å². The summed E-state index contributed by atoms with van der Waals surface area (Å²) in [6.07, 6.45) is -0.167. The van der Waals surface area contributed by atoms with E-state index in [1.807, 2.05) is 42.2 Å². The Balaban J connectivity index is 1.40. The average Bonchev–Trinajstić information content (AvgIpc) is 3.12. The summed E-state index contributed by atoms with van der Waals surface area (Å²) in [4.78, 5) is 19.3. The van der Waals surface area contributed by atoms with Crippen LogP contribution in [0.3, 0.4) is 0 Å². The summed E-state index contributed by atoms with van der Waals surface area (Å²) in [7, 11) is 0. The molecule has 1 aromatic carbocycles. The monoisotopic (exact) mass is 363 g/mol. The van der Waals surface area contributed by atoms with E-state index in [2.05, 4.69) is 4.98 Å². The summed E-state index contributed by atoms with van der Waals surface area (Å²) in [6, 6.07) is 9.26. The topological polar surface area (TPSA) is 48.6 Å². The number of benzene rings is 1. The Morgan fingerprint density at radius 2 is 2.12 bits per heavy atom. The van der Waals surface area contributed by atoms with E-state index in [1.54, 1.807) is 4.90 Å². The lowest BCUT2D eigenvalue weighted by molar-refractivity contribution is -0.0149. The highest BCUT2D eigenvalue weighted by atomic mass is 19.3. The number of H-pyrrole nitrogens is 1. The van der Waals surface area contributed by atoms with Crippen molar-refractivity contribution in [1.29, 1.82) is 0 Å². The lowest BCUT2D eigenvalue weighted by Gasteiger charge is -2.45. The van der Waals surface area contributed by atoms with Gasteiger partial charge in [0, 0.05) is 49.1 Å². The van der Waals surface area contributed by atoms with Gasteiger partial charge in [0.1, 0.15) is 5.69 Å². The van der Waals surface area contributed by atoms with Gasteiger partial charge >= 0.3 is 0 Å². The normalized spacial score (nSPS) is 23.5. The van der Waals surface area contributed by atoms with Crippen molar-refractivity contribution in [1.82, 2.24) is 14.8 Å². The number of para-hydroxylation sites is 1. The summed E-state index contributed by atoms with van der Waals surface area (Å²) >= 11 is 0. The van der Waals surface area contributed by atoms with Crippen LogP contribution in [0.2, 0.25) is 0 Å². The highest BCUT2D eigenvalue weighted by molar-refractivity contribution is 5.98. The molecule has 3 heterocycles. The summed E-state index contributed by atoms with van der Waals surface area (Å²) < 4.78 is 33.1. The number of aromatic nitrogens is 1. The smallest absolute Gasteiger partial charge is 0.270 e. The molecule has 2 saturated heterocycles. The van der Waals surface area contributed by atoms with Crippen molar-refractivity contribution in [2.75, 3.05) is 32.8 Å². The third-order valence-electron chi connectivity index (χ3n) is 5.31. The van der Waals surface area contributed by atoms with E-state index in [0.29, 0.717) is 32.0 Å². The van der Waals surface area contributed by atoms with E-state index < -0.39 is 5.92 Å². The predicted octanol–water partition coefficient (Wildman–Crippen LogP) is 2.74. The fraction of sp³-hybridized carbons (Fsp3) is 0.526. The number of alkyl halides is 2. The Bertz CT molecular complexity index is 768. The molecule has 2 aliphatic rings. The Kier molecular flexibility index (Phi) is 4.44. The number of hydrogen-bond acceptors (Lipinski definition) is 3. The molecule has 1 amide bonds. The van der Waals surface area contributed by atoms with E-state index >= 15 is 0 Å². The second kappa shape index (κ2) is 6.63. The van der Waals surface area contributed by atoms with E-state index in [1.165, 1.54) is 0 Å². The highest BCUT2D eigenvalue weighted by Gasteiger charge is 2.50. The van der Waals surface area contributed by atoms with Crippen molar-refractivity contribution >= 4 is 16.8 Å². The van der Waals surface area contributed by atoms with Gasteiger partial charge in [-0.25, -0.2) is 8.78 Å². The standard InChI is InChI=1S/C19H23F2N3O2/c1-2-26-11-14-8-19(20,21)12-24(14)15-9-23(10-15)18(25)17-7-13-5-3-4-6-16(13)22-17/h3-7,14-15,22H,2,8-12H2,1H3/t14-/m0/s1. The zero-order chi connectivity index (χ0) is 18.3. The summed E-state index contributed by atoms with van der Waals surface area (Å²) in [6.45, 7) is 3.41. The number of likely N-dealkylation sites (tertiary alicyclic amines) is 2. The molecule has 0 spiro atoms. The lowest BCUT2D eigenvalue weighted by Crippen LogP contribution is -2.62. The molecule has 2 fully saturated rings. The number of nitrogens with zero attached hydrogens (tertiary/aromatic N) is 2. The molecule has 2 aliphatic heterocycles. The van der Waals surface area contributed by atoms with Crippen LogP contribution in [0.25, 0.3) is 10.9 Å². The maximum absolute atomic E-state index is 13.8. The molecule has 26 heavy (non-hydrogen) atoms. The van der Waals surface area contributed by atoms with Crippen LogP contribution in [0.1, 0.15) is 23.8 Å². The fourth-order valence-corrected chi connectivity index (χ4v) is 3.95. The first kappa shape index (κ1) is 17.4. The minimum Gasteiger partial charge on any atom is -0.380 e. The zero-order valence-electron chi connectivity index (χ0n) is 14.8. The molecule has 4 rings (SSSR count). The quantitative estimate of drug-likeness (QED) is 0.889. The molecular formula is C19H23F2N3O2. The Morgan fingerprint density at radius 3 is 2.85 bits per heavy atom. The average molecular weight is 363 g/mol. The van der Waals surface area contributed by atoms with Crippen LogP contribution in [0.5, 0.6) is 0 Å². The summed E-state index contributed by atoms with van der Waals surface area (Å²) in [5.41, 5.74) is 1.46. The number of amides is 1. The first-order chi connectivity index (χ1) is 12.5. The van der Waals surface area contributed by atoms with E-state index in [9.17, 15) is 13.6 Å². The van der Waals surface area contributed by atoms with Crippen molar-refractivity contribution in [3.05, 3.63) is 36.0 Å². The maximum Gasteiger partial charge on any atom is 0.270 e. The number of ether oxygens (including phenoxy) is 1. The first-order valence-corrected chi connectivity index (χ1v) is 9.05. The van der Waals surface area contributed by atoms with Crippen molar-refractivity contribution < 1.29 is 18.3 Å². The number of rotatable bonds is 5. The Labute approximate surface area is 150 Å². The number of aromatic amines is 1. The van der Waals surface area contributed by atoms with Gasteiger partial charge in [0.05, 0.1) is 13.2 Å². The van der Waals surface area contributed by atoms with Gasteiger partial charge in [-0.15, -0.1) is 0 Å². The lowest BCUT2D eigenvalue weighted by atomic mass is 10.1. The van der Waals surface area contributed by atoms with Crippen LogP contribution in [0.4, 0.5) is 8.78 Å². The second-order valence-electron chi connectivity index (χ2n) is 7.18. The Morgan fingerprint density at radius 1 is 1.35 bits per heavy atom. The second-order valence-corrected chi connectivity index (χ2v) is 7.18. The molecule has 0 bridgehead atoms. The van der Waals surface area contributed by atoms with E-state index in [-0.39, 0.29) is 31.0 Å². The van der Waals surface area contributed by atoms with Crippen molar-refractivity contribution in [3.8, 4) is 0 Å². The summed E-state index contributed by atoms with van der Waals surface area (Å²) in [5, 5.41) is 0.990. The fourth-order valence-electron chi connectivity index (χ4n) is 3.95. The minimum atomic E-state index is -2.68. The number of halogens is 2. The van der Waals surface area contributed by atoms with Crippen molar-refractivity contribution in [2.45, 2.75) is 31.4 Å². The van der Waals surface area contributed by atoms with E-state index in [0.717, 1.165) is 10.9 Å². The maximum atomic E-state index is 13.8. The van der Waals surface area contributed by atoms with E-state index in [4.69, 9.17) is 4.74 Å². The van der Waals surface area contributed by atoms with Gasteiger partial charge < -0.3 is 14.6 Å². The first-order valence-electron chi connectivity index (χ1n) is 9.05. The minimum absolute atomic E-state index is 0.0258. The number of fused-ring (bicyclic) bond motifs is 1. The predicted molar refractivity (Wildman–Crippen MR) is 94.5 cm³/mol. The van der Waals surface area contributed by atoms with Crippen molar-refractivity contribution in [3.63, 3.8) is 0 Å². The molecule has 0 unspecified atom stereocenters. The van der Waals surface area contributed by atoms with Gasteiger partial charge in [-0.1, -0.05) is 18.2 Å². The third kappa shape index (κ3) is 3.21. The molecule has 5 nitrogen and oxygen atoms in total. The zero-order valence-corrected chi connectivity index (χ0v) is 14.8. The molecule has 1 atom stereocenters. The molecular weight excluding hydrogens is 340 g/mol. The number of hydrogen-bond donors (Lipinski definition) is 1. The number of nitrogens with one attached hydrogen (secondary N) is 1. The molecule has 0 aliphatic carbocycles. The largest absolute Gasteiger partial charge is 0.380 e. The molecule has 1 aromatic heterocycles. The molecule has 0 radical (unpaired) electrons. The summed E-state index contributed by atoms with van der Waals surface area (Å²) in [5.74, 6) is -2.76. The van der Waals surface area contributed by atoms with Crippen molar-refractivity contribution in [2.24, 2.45) is 0 Å². The number of carbonyl (C=O) groups excluding carboxylic acids is 1. The van der Waals surface area contributed by atoms with Gasteiger partial charge in [-0.2, -0.15) is 0 Å². The molecule has 2 aromatic rings. The van der Waals surface area contributed by atoms with Crippen LogP contribution < -0.4 is 0 Å². The van der Waals surface area contributed by atoms with Crippen LogP contribution in [0.15, 0.2) is 30.3 Å². The van der Waals surface area contributed by atoms with Crippen LogP contribution in [-0.2, 0) is 4.74 Å². The van der Waals surface area contributed by atoms with Gasteiger partial charge in [0.15, 0.2) is 0 Å². The van der Waals surface area contributed by atoms with Gasteiger partial charge in [0.25, 0.3) is 11.8 Å². The molecule has 140 valence electrons. The molecule has 7 heteroatoms. The molecule has 1 N–H and O–H groups in total. The SMILES string of the molecule is CCOC[C@@H]1CC(F)(F)CN1C1CN(C(=O)c2cc3ccccc3[nH]2)C1. The number of carbonyl (C=O) groups is 1. The van der Waals surface area contributed by atoms with Gasteiger partial charge in [0.2, 0.25) is 0 Å². The van der Waals surface area contributed by atoms with Crippen LogP contribution in [-0.4, -0.2) is 71.5 Å².